The molecule has 0 saturated heterocycles. The van der Waals surface area contributed by atoms with Crippen LogP contribution in [0.1, 0.15) is 5.56 Å². The first-order valence-corrected chi connectivity index (χ1v) is 9.32. The number of nitrogens with zero attached hydrogens (tertiary/aromatic N) is 1. The number of anilines is 1. The van der Waals surface area contributed by atoms with Gasteiger partial charge in [0.15, 0.2) is 6.61 Å². The fourth-order valence-electron chi connectivity index (χ4n) is 2.12. The van der Waals surface area contributed by atoms with Crippen molar-refractivity contribution in [2.45, 2.75) is 11.8 Å². The highest BCUT2D eigenvalue weighted by molar-refractivity contribution is 7.92. The lowest BCUT2D eigenvalue weighted by Gasteiger charge is -2.14. The quantitative estimate of drug-likeness (QED) is 0.799. The molecule has 0 heterocycles. The summed E-state index contributed by atoms with van der Waals surface area (Å²) in [6.45, 7) is 1.61. The highest BCUT2D eigenvalue weighted by Gasteiger charge is 2.16. The SMILES string of the molecule is COc1cccc(NS(=O)(=O)c2ccc(OCC(=O)N(C)C)c(C)c2)c1. The first-order valence-electron chi connectivity index (χ1n) is 7.83. The van der Waals surface area contributed by atoms with E-state index < -0.39 is 10.0 Å². The molecule has 26 heavy (non-hydrogen) atoms. The molecule has 1 N–H and O–H groups in total. The lowest BCUT2D eigenvalue weighted by Crippen LogP contribution is -2.27. The minimum Gasteiger partial charge on any atom is -0.497 e. The fourth-order valence-corrected chi connectivity index (χ4v) is 3.25. The van der Waals surface area contributed by atoms with E-state index in [1.165, 1.54) is 24.1 Å². The molecule has 7 nitrogen and oxygen atoms in total. The van der Waals surface area contributed by atoms with Crippen molar-refractivity contribution in [1.82, 2.24) is 4.90 Å². The van der Waals surface area contributed by atoms with Gasteiger partial charge in [-0.2, -0.15) is 0 Å². The number of amides is 1. The summed E-state index contributed by atoms with van der Waals surface area (Å²) in [5.74, 6) is 0.831. The third-order valence-corrected chi connectivity index (χ3v) is 5.01. The van der Waals surface area contributed by atoms with Gasteiger partial charge in [-0.05, 0) is 42.8 Å². The molecular formula is C18H22N2O5S. The summed E-state index contributed by atoms with van der Waals surface area (Å²) in [5.41, 5.74) is 1.02. The Kier molecular flexibility index (Phi) is 6.10. The summed E-state index contributed by atoms with van der Waals surface area (Å²) in [5, 5.41) is 0. The topological polar surface area (TPSA) is 84.9 Å². The Morgan fingerprint density at radius 1 is 1.15 bits per heavy atom. The van der Waals surface area contributed by atoms with Gasteiger partial charge in [-0.15, -0.1) is 0 Å². The van der Waals surface area contributed by atoms with Crippen molar-refractivity contribution in [3.05, 3.63) is 48.0 Å². The maximum absolute atomic E-state index is 12.6. The molecule has 8 heteroatoms. The number of methoxy groups -OCH3 is 1. The predicted octanol–water partition coefficient (Wildman–Crippen LogP) is 2.27. The van der Waals surface area contributed by atoms with Crippen LogP contribution in [0.5, 0.6) is 11.5 Å². The number of likely N-dealkylation sites (N-methyl/N-ethyl adjacent to an activating group) is 1. The molecule has 2 aromatic rings. The zero-order valence-corrected chi connectivity index (χ0v) is 16.0. The maximum Gasteiger partial charge on any atom is 0.261 e. The number of hydrogen-bond donors (Lipinski definition) is 1. The molecule has 0 aromatic heterocycles. The Hall–Kier alpha value is -2.74. The molecule has 0 spiro atoms. The molecule has 0 saturated carbocycles. The van der Waals surface area contributed by atoms with Crippen LogP contribution in [0.3, 0.4) is 0 Å². The van der Waals surface area contributed by atoms with Gasteiger partial charge in [0.25, 0.3) is 15.9 Å². The Morgan fingerprint density at radius 3 is 2.50 bits per heavy atom. The fraction of sp³-hybridized carbons (Fsp3) is 0.278. The van der Waals surface area contributed by atoms with Crippen LogP contribution in [0.4, 0.5) is 5.69 Å². The number of sulfonamides is 1. The number of hydrogen-bond acceptors (Lipinski definition) is 5. The van der Waals surface area contributed by atoms with E-state index in [1.807, 2.05) is 0 Å². The minimum absolute atomic E-state index is 0.101. The van der Waals surface area contributed by atoms with E-state index in [0.717, 1.165) is 0 Å². The molecule has 0 aliphatic heterocycles. The largest absolute Gasteiger partial charge is 0.497 e. The maximum atomic E-state index is 12.6. The average molecular weight is 378 g/mol. The van der Waals surface area contributed by atoms with Crippen LogP contribution in [0.25, 0.3) is 0 Å². The average Bonchev–Trinajstić information content (AvgIpc) is 2.59. The zero-order chi connectivity index (χ0) is 19.3. The number of aryl methyl sites for hydroxylation is 1. The molecule has 1 amide bonds. The van der Waals surface area contributed by atoms with Crippen LogP contribution in [-0.2, 0) is 14.8 Å². The summed E-state index contributed by atoms with van der Waals surface area (Å²) in [6, 6.07) is 11.1. The standard InChI is InChI=1S/C18H22N2O5S/c1-13-10-16(8-9-17(13)25-12-18(21)20(2)3)26(22,23)19-14-6-5-7-15(11-14)24-4/h5-11,19H,12H2,1-4H3. The molecule has 0 fully saturated rings. The van der Waals surface area contributed by atoms with Gasteiger partial charge in [-0.25, -0.2) is 8.42 Å². The molecule has 140 valence electrons. The van der Waals surface area contributed by atoms with Crippen molar-refractivity contribution in [2.24, 2.45) is 0 Å². The van der Waals surface area contributed by atoms with Gasteiger partial charge in [0.05, 0.1) is 17.7 Å². The number of carbonyl (C=O) groups excluding carboxylic acids is 1. The van der Waals surface area contributed by atoms with Crippen LogP contribution >= 0.6 is 0 Å². The molecule has 0 radical (unpaired) electrons. The Labute approximate surface area is 153 Å². The van der Waals surface area contributed by atoms with Gasteiger partial charge in [0.1, 0.15) is 11.5 Å². The van der Waals surface area contributed by atoms with Gasteiger partial charge in [0, 0.05) is 20.2 Å². The van der Waals surface area contributed by atoms with Gasteiger partial charge < -0.3 is 14.4 Å². The van der Waals surface area contributed by atoms with Crippen LogP contribution in [0.15, 0.2) is 47.4 Å². The van der Waals surface area contributed by atoms with Gasteiger partial charge in [0.2, 0.25) is 0 Å². The van der Waals surface area contributed by atoms with Crippen LogP contribution in [0.2, 0.25) is 0 Å². The van der Waals surface area contributed by atoms with Gasteiger partial charge in [-0.3, -0.25) is 9.52 Å². The summed E-state index contributed by atoms with van der Waals surface area (Å²) >= 11 is 0. The number of carbonyl (C=O) groups is 1. The van der Waals surface area contributed by atoms with Crippen molar-refractivity contribution < 1.29 is 22.7 Å². The zero-order valence-electron chi connectivity index (χ0n) is 15.1. The number of ether oxygens (including phenoxy) is 2. The summed E-state index contributed by atoms with van der Waals surface area (Å²) in [4.78, 5) is 13.1. The normalized spacial score (nSPS) is 10.9. The van der Waals surface area contributed by atoms with Gasteiger partial charge >= 0.3 is 0 Å². The third kappa shape index (κ3) is 4.89. The van der Waals surface area contributed by atoms with Crippen molar-refractivity contribution in [1.29, 1.82) is 0 Å². The van der Waals surface area contributed by atoms with Crippen molar-refractivity contribution in [3.8, 4) is 11.5 Å². The molecule has 2 rings (SSSR count). The van der Waals surface area contributed by atoms with E-state index in [0.29, 0.717) is 22.7 Å². The summed E-state index contributed by atoms with van der Waals surface area (Å²) < 4.78 is 38.2. The molecule has 0 aliphatic rings. The first-order chi connectivity index (χ1) is 12.2. The molecule has 0 unspecified atom stereocenters. The van der Waals surface area contributed by atoms with Crippen molar-refractivity contribution in [3.63, 3.8) is 0 Å². The lowest BCUT2D eigenvalue weighted by atomic mass is 10.2. The van der Waals surface area contributed by atoms with E-state index in [2.05, 4.69) is 4.72 Å². The van der Waals surface area contributed by atoms with Crippen LogP contribution in [0, 0.1) is 6.92 Å². The predicted molar refractivity (Wildman–Crippen MR) is 99.2 cm³/mol. The summed E-state index contributed by atoms with van der Waals surface area (Å²) in [6.07, 6.45) is 0. The van der Waals surface area contributed by atoms with Gasteiger partial charge in [-0.1, -0.05) is 6.07 Å². The summed E-state index contributed by atoms with van der Waals surface area (Å²) in [7, 11) is 1.03. The monoisotopic (exact) mass is 378 g/mol. The smallest absolute Gasteiger partial charge is 0.261 e. The highest BCUT2D eigenvalue weighted by Crippen LogP contribution is 2.25. The third-order valence-electron chi connectivity index (χ3n) is 3.63. The van der Waals surface area contributed by atoms with Crippen LogP contribution in [-0.4, -0.2) is 47.0 Å². The second kappa shape index (κ2) is 8.09. The van der Waals surface area contributed by atoms with E-state index in [-0.39, 0.29) is 17.4 Å². The van der Waals surface area contributed by atoms with E-state index in [4.69, 9.17) is 9.47 Å². The van der Waals surface area contributed by atoms with E-state index in [9.17, 15) is 13.2 Å². The molecule has 0 aliphatic carbocycles. The van der Waals surface area contributed by atoms with E-state index in [1.54, 1.807) is 51.4 Å². The first kappa shape index (κ1) is 19.6. The van der Waals surface area contributed by atoms with Crippen molar-refractivity contribution >= 4 is 21.6 Å². The Bertz CT molecular complexity index is 894. The molecule has 0 bridgehead atoms. The molecular weight excluding hydrogens is 356 g/mol. The second-order valence-electron chi connectivity index (χ2n) is 5.84. The number of benzene rings is 2. The number of rotatable bonds is 7. The highest BCUT2D eigenvalue weighted by atomic mass is 32.2. The van der Waals surface area contributed by atoms with E-state index >= 15 is 0 Å². The minimum atomic E-state index is -3.76. The number of nitrogens with one attached hydrogen (secondary N) is 1. The Morgan fingerprint density at radius 2 is 1.88 bits per heavy atom. The van der Waals surface area contributed by atoms with Crippen molar-refractivity contribution in [2.75, 3.05) is 32.5 Å². The van der Waals surface area contributed by atoms with Crippen LogP contribution < -0.4 is 14.2 Å². The molecule has 2 aromatic carbocycles. The second-order valence-corrected chi connectivity index (χ2v) is 7.52. The lowest BCUT2D eigenvalue weighted by molar-refractivity contribution is -0.130. The Balaban J connectivity index is 2.17. The molecule has 0 atom stereocenters.